The van der Waals surface area contributed by atoms with Crippen LogP contribution in [0.4, 0.5) is 0 Å². The number of carbonyl (C=O) groups is 1. The quantitative estimate of drug-likeness (QED) is 0.787. The fraction of sp³-hybridized carbons (Fsp3) is 0.923. The summed E-state index contributed by atoms with van der Waals surface area (Å²) in [5.41, 5.74) is -0.434. The lowest BCUT2D eigenvalue weighted by molar-refractivity contribution is -0.159. The molecule has 92 valence electrons. The maximum absolute atomic E-state index is 11.6. The molecule has 2 fully saturated rings. The first kappa shape index (κ1) is 11.9. The minimum atomic E-state index is -0.564. The van der Waals surface area contributed by atoms with Crippen LogP contribution in [0, 0.1) is 17.3 Å². The second kappa shape index (κ2) is 4.74. The zero-order chi connectivity index (χ0) is 11.6. The van der Waals surface area contributed by atoms with Crippen LogP contribution in [-0.2, 0) is 9.53 Å². The Morgan fingerprint density at radius 3 is 2.25 bits per heavy atom. The highest BCUT2D eigenvalue weighted by Gasteiger charge is 2.47. The van der Waals surface area contributed by atoms with E-state index in [1.807, 2.05) is 0 Å². The predicted molar refractivity (Wildman–Crippen MR) is 61.2 cm³/mol. The van der Waals surface area contributed by atoms with Crippen LogP contribution < -0.4 is 0 Å². The van der Waals surface area contributed by atoms with Gasteiger partial charge >= 0.3 is 5.97 Å². The van der Waals surface area contributed by atoms with Crippen molar-refractivity contribution in [3.05, 3.63) is 0 Å². The number of carboxylic acids is 1. The van der Waals surface area contributed by atoms with E-state index in [2.05, 4.69) is 6.92 Å². The predicted octanol–water partition coefficient (Wildman–Crippen LogP) is 2.69. The Morgan fingerprint density at radius 2 is 1.75 bits per heavy atom. The zero-order valence-corrected chi connectivity index (χ0v) is 10.1. The van der Waals surface area contributed by atoms with Gasteiger partial charge in [-0.15, -0.1) is 0 Å². The largest absolute Gasteiger partial charge is 0.481 e. The Bertz CT molecular complexity index is 248. The van der Waals surface area contributed by atoms with Crippen molar-refractivity contribution in [2.24, 2.45) is 17.3 Å². The van der Waals surface area contributed by atoms with Crippen LogP contribution >= 0.6 is 0 Å². The summed E-state index contributed by atoms with van der Waals surface area (Å²) in [5, 5.41) is 9.59. The Morgan fingerprint density at radius 1 is 1.19 bits per heavy atom. The molecule has 2 aliphatic rings. The second-order valence-corrected chi connectivity index (χ2v) is 5.53. The normalized spacial score (nSPS) is 37.2. The topological polar surface area (TPSA) is 46.5 Å². The zero-order valence-electron chi connectivity index (χ0n) is 10.1. The lowest BCUT2D eigenvalue weighted by Gasteiger charge is -2.43. The van der Waals surface area contributed by atoms with E-state index in [0.717, 1.165) is 51.7 Å². The highest BCUT2D eigenvalue weighted by Crippen LogP contribution is 2.48. The molecule has 1 N–H and O–H groups in total. The standard InChI is InChI=1S/C13H22O3/c1-10-2-6-13(7-3-10,12(14)15)11-4-8-16-9-5-11/h10-11H,2-9H2,1H3,(H,14,15). The highest BCUT2D eigenvalue weighted by molar-refractivity contribution is 5.75. The average Bonchev–Trinajstić information content (AvgIpc) is 2.31. The molecule has 3 nitrogen and oxygen atoms in total. The van der Waals surface area contributed by atoms with Gasteiger partial charge in [-0.25, -0.2) is 0 Å². The minimum absolute atomic E-state index is 0.339. The van der Waals surface area contributed by atoms with Gasteiger partial charge < -0.3 is 9.84 Å². The van der Waals surface area contributed by atoms with Crippen LogP contribution in [-0.4, -0.2) is 24.3 Å². The van der Waals surface area contributed by atoms with Crippen LogP contribution in [0.25, 0.3) is 0 Å². The van der Waals surface area contributed by atoms with Crippen LogP contribution in [0.3, 0.4) is 0 Å². The summed E-state index contributed by atoms with van der Waals surface area (Å²) in [5.74, 6) is 0.477. The van der Waals surface area contributed by atoms with Crippen molar-refractivity contribution in [3.63, 3.8) is 0 Å². The molecular formula is C13H22O3. The number of hydrogen-bond acceptors (Lipinski definition) is 2. The molecule has 1 aliphatic carbocycles. The van der Waals surface area contributed by atoms with E-state index >= 15 is 0 Å². The van der Waals surface area contributed by atoms with Gasteiger partial charge in [0.1, 0.15) is 0 Å². The van der Waals surface area contributed by atoms with E-state index < -0.39 is 11.4 Å². The molecule has 0 spiro atoms. The molecule has 16 heavy (non-hydrogen) atoms. The minimum Gasteiger partial charge on any atom is -0.481 e. The van der Waals surface area contributed by atoms with E-state index in [4.69, 9.17) is 4.74 Å². The average molecular weight is 226 g/mol. The molecule has 1 saturated heterocycles. The van der Waals surface area contributed by atoms with Crippen LogP contribution in [0.1, 0.15) is 45.4 Å². The maximum atomic E-state index is 11.6. The van der Waals surface area contributed by atoms with Crippen molar-refractivity contribution >= 4 is 5.97 Å². The maximum Gasteiger partial charge on any atom is 0.309 e. The molecule has 1 heterocycles. The third-order valence-corrected chi connectivity index (χ3v) is 4.60. The van der Waals surface area contributed by atoms with Gasteiger partial charge in [0, 0.05) is 13.2 Å². The van der Waals surface area contributed by atoms with Gasteiger partial charge in [-0.2, -0.15) is 0 Å². The molecule has 1 saturated carbocycles. The molecule has 0 unspecified atom stereocenters. The third kappa shape index (κ3) is 2.10. The Labute approximate surface area is 97.2 Å². The summed E-state index contributed by atoms with van der Waals surface area (Å²) in [4.78, 5) is 11.6. The molecular weight excluding hydrogens is 204 g/mol. The fourth-order valence-electron chi connectivity index (χ4n) is 3.32. The van der Waals surface area contributed by atoms with Crippen molar-refractivity contribution in [1.82, 2.24) is 0 Å². The monoisotopic (exact) mass is 226 g/mol. The van der Waals surface area contributed by atoms with Crippen molar-refractivity contribution < 1.29 is 14.6 Å². The molecule has 0 atom stereocenters. The van der Waals surface area contributed by atoms with E-state index in [0.29, 0.717) is 11.8 Å². The van der Waals surface area contributed by atoms with Gasteiger partial charge in [0.25, 0.3) is 0 Å². The second-order valence-electron chi connectivity index (χ2n) is 5.53. The Hall–Kier alpha value is -0.570. The first-order valence-corrected chi connectivity index (χ1v) is 6.46. The number of ether oxygens (including phenoxy) is 1. The number of carboxylic acid groups (broad SMARTS) is 1. The molecule has 2 rings (SSSR count). The molecule has 0 aromatic carbocycles. The van der Waals surface area contributed by atoms with E-state index in [1.165, 1.54) is 0 Å². The summed E-state index contributed by atoms with van der Waals surface area (Å²) < 4.78 is 5.34. The first-order valence-electron chi connectivity index (χ1n) is 6.46. The van der Waals surface area contributed by atoms with Gasteiger partial charge in [-0.1, -0.05) is 6.92 Å². The summed E-state index contributed by atoms with van der Waals surface area (Å²) >= 11 is 0. The van der Waals surface area contributed by atoms with Crippen LogP contribution in [0.15, 0.2) is 0 Å². The Kier molecular flexibility index (Phi) is 3.53. The lowest BCUT2D eigenvalue weighted by Crippen LogP contribution is -2.43. The molecule has 1 aliphatic heterocycles. The Balaban J connectivity index is 2.11. The van der Waals surface area contributed by atoms with Crippen molar-refractivity contribution in [1.29, 1.82) is 0 Å². The van der Waals surface area contributed by atoms with Crippen LogP contribution in [0.5, 0.6) is 0 Å². The summed E-state index contributed by atoms with van der Waals surface area (Å²) in [7, 11) is 0. The van der Waals surface area contributed by atoms with Gasteiger partial charge in [-0.05, 0) is 50.4 Å². The summed E-state index contributed by atoms with van der Waals surface area (Å²) in [6.07, 6.45) is 5.75. The number of hydrogen-bond donors (Lipinski definition) is 1. The molecule has 0 aromatic heterocycles. The number of aliphatic carboxylic acids is 1. The van der Waals surface area contributed by atoms with E-state index in [-0.39, 0.29) is 0 Å². The summed E-state index contributed by atoms with van der Waals surface area (Å²) in [6.45, 7) is 3.72. The van der Waals surface area contributed by atoms with E-state index in [1.54, 1.807) is 0 Å². The molecule has 0 radical (unpaired) electrons. The van der Waals surface area contributed by atoms with Crippen molar-refractivity contribution in [3.8, 4) is 0 Å². The van der Waals surface area contributed by atoms with Gasteiger partial charge in [0.05, 0.1) is 5.41 Å². The highest BCUT2D eigenvalue weighted by atomic mass is 16.5. The van der Waals surface area contributed by atoms with Gasteiger partial charge in [0.15, 0.2) is 0 Å². The van der Waals surface area contributed by atoms with Crippen molar-refractivity contribution in [2.45, 2.75) is 45.4 Å². The summed E-state index contributed by atoms with van der Waals surface area (Å²) in [6, 6.07) is 0. The first-order chi connectivity index (χ1) is 7.65. The smallest absolute Gasteiger partial charge is 0.309 e. The molecule has 0 amide bonds. The van der Waals surface area contributed by atoms with Crippen molar-refractivity contribution in [2.75, 3.05) is 13.2 Å². The van der Waals surface area contributed by atoms with Gasteiger partial charge in [-0.3, -0.25) is 4.79 Å². The van der Waals surface area contributed by atoms with E-state index in [9.17, 15) is 9.90 Å². The SMILES string of the molecule is CC1CCC(C(=O)O)(C2CCOCC2)CC1. The molecule has 0 bridgehead atoms. The van der Waals surface area contributed by atoms with Crippen LogP contribution in [0.2, 0.25) is 0 Å². The molecule has 3 heteroatoms. The number of rotatable bonds is 2. The molecule has 0 aromatic rings. The fourth-order valence-corrected chi connectivity index (χ4v) is 3.32. The third-order valence-electron chi connectivity index (χ3n) is 4.60. The lowest BCUT2D eigenvalue weighted by atomic mass is 9.62. The van der Waals surface area contributed by atoms with Gasteiger partial charge in [0.2, 0.25) is 0 Å².